The fraction of sp³-hybridized carbons (Fsp3) is 0.450. The average molecular weight is 356 g/mol. The number of rotatable bonds is 6. The zero-order chi connectivity index (χ0) is 18.4. The molecular formula is C20H24N2O4. The van der Waals surface area contributed by atoms with Gasteiger partial charge in [-0.05, 0) is 25.7 Å². The van der Waals surface area contributed by atoms with Crippen LogP contribution in [0.5, 0.6) is 0 Å². The topological polar surface area (TPSA) is 81.4 Å². The highest BCUT2D eigenvalue weighted by atomic mass is 16.5. The maximum absolute atomic E-state index is 12.4. The van der Waals surface area contributed by atoms with Crippen molar-refractivity contribution in [3.05, 3.63) is 41.7 Å². The summed E-state index contributed by atoms with van der Waals surface area (Å²) in [7, 11) is 0. The maximum atomic E-state index is 12.4. The van der Waals surface area contributed by atoms with Gasteiger partial charge in [-0.3, -0.25) is 4.79 Å². The van der Waals surface area contributed by atoms with E-state index >= 15 is 0 Å². The number of amides is 1. The van der Waals surface area contributed by atoms with Crippen molar-refractivity contribution in [2.45, 2.75) is 39.0 Å². The van der Waals surface area contributed by atoms with E-state index in [9.17, 15) is 9.59 Å². The van der Waals surface area contributed by atoms with Crippen molar-refractivity contribution in [3.8, 4) is 11.3 Å². The van der Waals surface area contributed by atoms with Crippen molar-refractivity contribution < 1.29 is 18.8 Å². The summed E-state index contributed by atoms with van der Waals surface area (Å²) in [6.45, 7) is 2.00. The molecule has 0 atom stereocenters. The van der Waals surface area contributed by atoms with Gasteiger partial charge in [0.05, 0.1) is 0 Å². The van der Waals surface area contributed by atoms with Crippen LogP contribution in [0.2, 0.25) is 0 Å². The molecule has 1 aromatic heterocycles. The van der Waals surface area contributed by atoms with Gasteiger partial charge in [0.15, 0.2) is 6.61 Å². The van der Waals surface area contributed by atoms with E-state index < -0.39 is 5.97 Å². The van der Waals surface area contributed by atoms with Gasteiger partial charge in [-0.25, -0.2) is 4.79 Å². The molecule has 0 spiro atoms. The number of ether oxygens (including phenoxy) is 1. The van der Waals surface area contributed by atoms with Crippen molar-refractivity contribution in [3.63, 3.8) is 0 Å². The van der Waals surface area contributed by atoms with Crippen LogP contribution in [0.1, 0.15) is 48.2 Å². The van der Waals surface area contributed by atoms with Crippen LogP contribution >= 0.6 is 0 Å². The second kappa shape index (κ2) is 8.65. The predicted octanol–water partition coefficient (Wildman–Crippen LogP) is 3.50. The summed E-state index contributed by atoms with van der Waals surface area (Å²) in [6.07, 6.45) is 6.04. The van der Waals surface area contributed by atoms with E-state index in [1.807, 2.05) is 30.3 Å². The molecule has 6 nitrogen and oxygen atoms in total. The largest absolute Gasteiger partial charge is 0.452 e. The molecule has 1 aromatic carbocycles. The zero-order valence-corrected chi connectivity index (χ0v) is 15.0. The molecule has 6 heteroatoms. The van der Waals surface area contributed by atoms with Gasteiger partial charge in [0.25, 0.3) is 5.91 Å². The van der Waals surface area contributed by atoms with Crippen molar-refractivity contribution in [1.29, 1.82) is 0 Å². The summed E-state index contributed by atoms with van der Waals surface area (Å²) in [5.41, 5.74) is 1.45. The molecule has 0 radical (unpaired) electrons. The number of carbonyl (C=O) groups excluding carboxylic acids is 2. The predicted molar refractivity (Wildman–Crippen MR) is 96.5 cm³/mol. The third kappa shape index (κ3) is 4.50. The summed E-state index contributed by atoms with van der Waals surface area (Å²) in [6, 6.07) is 9.27. The molecular weight excluding hydrogens is 332 g/mol. The second-order valence-corrected chi connectivity index (χ2v) is 6.71. The minimum absolute atomic E-state index is 0.260. The molecule has 1 aliphatic carbocycles. The number of hydrogen-bond acceptors (Lipinski definition) is 5. The number of nitrogens with one attached hydrogen (secondary N) is 1. The number of hydrogen-bond donors (Lipinski definition) is 1. The first-order chi connectivity index (χ1) is 12.6. The Hall–Kier alpha value is -2.63. The van der Waals surface area contributed by atoms with E-state index in [2.05, 4.69) is 10.5 Å². The summed E-state index contributed by atoms with van der Waals surface area (Å²) in [5, 5.41) is 6.81. The quantitative estimate of drug-likeness (QED) is 0.801. The fourth-order valence-corrected chi connectivity index (χ4v) is 3.31. The lowest BCUT2D eigenvalue weighted by Crippen LogP contribution is -2.33. The third-order valence-corrected chi connectivity index (χ3v) is 4.76. The lowest BCUT2D eigenvalue weighted by atomic mass is 9.89. The van der Waals surface area contributed by atoms with Crippen molar-refractivity contribution >= 4 is 11.9 Å². The number of aromatic nitrogens is 1. The number of carbonyl (C=O) groups is 2. The van der Waals surface area contributed by atoms with Gasteiger partial charge in [0, 0.05) is 12.1 Å². The molecule has 1 amide bonds. The van der Waals surface area contributed by atoms with E-state index in [1.165, 1.54) is 19.3 Å². The first-order valence-electron chi connectivity index (χ1n) is 9.10. The molecule has 1 saturated carbocycles. The van der Waals surface area contributed by atoms with Gasteiger partial charge >= 0.3 is 5.97 Å². The fourth-order valence-electron chi connectivity index (χ4n) is 3.31. The molecule has 0 aliphatic heterocycles. The van der Waals surface area contributed by atoms with E-state index in [0.29, 0.717) is 23.9 Å². The second-order valence-electron chi connectivity index (χ2n) is 6.71. The smallest absolute Gasteiger partial charge is 0.344 e. The van der Waals surface area contributed by atoms with Crippen LogP contribution in [-0.4, -0.2) is 30.2 Å². The van der Waals surface area contributed by atoms with Crippen LogP contribution in [-0.2, 0) is 9.53 Å². The molecule has 1 fully saturated rings. The van der Waals surface area contributed by atoms with Crippen LogP contribution in [0.15, 0.2) is 34.9 Å². The van der Waals surface area contributed by atoms with Crippen LogP contribution in [0, 0.1) is 12.8 Å². The SMILES string of the molecule is Cc1onc(-c2ccccc2)c1C(=O)OCC(=O)NCC1CCCCC1. The minimum atomic E-state index is -0.601. The molecule has 138 valence electrons. The van der Waals surface area contributed by atoms with Gasteiger partial charge < -0.3 is 14.6 Å². The monoisotopic (exact) mass is 356 g/mol. The highest BCUT2D eigenvalue weighted by molar-refractivity contribution is 5.98. The van der Waals surface area contributed by atoms with Crippen LogP contribution in [0.4, 0.5) is 0 Å². The molecule has 1 heterocycles. The maximum Gasteiger partial charge on any atom is 0.344 e. The molecule has 3 rings (SSSR count). The highest BCUT2D eigenvalue weighted by Gasteiger charge is 2.23. The normalized spacial score (nSPS) is 14.8. The standard InChI is InChI=1S/C20H24N2O4/c1-14-18(19(22-26-14)16-10-6-3-7-11-16)20(24)25-13-17(23)21-12-15-8-4-2-5-9-15/h3,6-7,10-11,15H,2,4-5,8-9,12-13H2,1H3,(H,21,23). The van der Waals surface area contributed by atoms with E-state index in [0.717, 1.165) is 18.4 Å². The lowest BCUT2D eigenvalue weighted by Gasteiger charge is -2.21. The molecule has 1 N–H and O–H groups in total. The van der Waals surface area contributed by atoms with E-state index in [4.69, 9.17) is 9.26 Å². The van der Waals surface area contributed by atoms with Gasteiger partial charge in [-0.1, -0.05) is 54.8 Å². The number of esters is 1. The van der Waals surface area contributed by atoms with Gasteiger partial charge in [-0.2, -0.15) is 0 Å². The summed E-state index contributed by atoms with van der Waals surface area (Å²) in [4.78, 5) is 24.4. The Bertz CT molecular complexity index is 748. The van der Waals surface area contributed by atoms with Crippen molar-refractivity contribution in [2.75, 3.05) is 13.2 Å². The Kier molecular flexibility index (Phi) is 6.04. The van der Waals surface area contributed by atoms with Gasteiger partial charge in [0.1, 0.15) is 17.0 Å². The first-order valence-corrected chi connectivity index (χ1v) is 9.10. The van der Waals surface area contributed by atoms with Gasteiger partial charge in [0.2, 0.25) is 0 Å². The Morgan fingerprint density at radius 1 is 1.19 bits per heavy atom. The van der Waals surface area contributed by atoms with E-state index in [1.54, 1.807) is 6.92 Å². The first kappa shape index (κ1) is 18.2. The van der Waals surface area contributed by atoms with Crippen LogP contribution in [0.3, 0.4) is 0 Å². The van der Waals surface area contributed by atoms with Crippen LogP contribution < -0.4 is 5.32 Å². The summed E-state index contributed by atoms with van der Waals surface area (Å²) in [5.74, 6) is 0.0274. The Morgan fingerprint density at radius 2 is 1.92 bits per heavy atom. The minimum Gasteiger partial charge on any atom is -0.452 e. The molecule has 0 bridgehead atoms. The molecule has 2 aromatic rings. The molecule has 26 heavy (non-hydrogen) atoms. The zero-order valence-electron chi connectivity index (χ0n) is 15.0. The molecule has 1 aliphatic rings. The third-order valence-electron chi connectivity index (χ3n) is 4.76. The molecule has 0 saturated heterocycles. The van der Waals surface area contributed by atoms with Gasteiger partial charge in [-0.15, -0.1) is 0 Å². The number of benzene rings is 1. The number of nitrogens with zero attached hydrogens (tertiary/aromatic N) is 1. The summed E-state index contributed by atoms with van der Waals surface area (Å²) >= 11 is 0. The number of aryl methyl sites for hydroxylation is 1. The molecule has 0 unspecified atom stereocenters. The average Bonchev–Trinajstić information content (AvgIpc) is 3.07. The van der Waals surface area contributed by atoms with E-state index in [-0.39, 0.29) is 18.1 Å². The van der Waals surface area contributed by atoms with Crippen LogP contribution in [0.25, 0.3) is 11.3 Å². The lowest BCUT2D eigenvalue weighted by molar-refractivity contribution is -0.124. The van der Waals surface area contributed by atoms with Crippen molar-refractivity contribution in [1.82, 2.24) is 10.5 Å². The Labute approximate surface area is 152 Å². The van der Waals surface area contributed by atoms with Crippen molar-refractivity contribution in [2.24, 2.45) is 5.92 Å². The summed E-state index contributed by atoms with van der Waals surface area (Å²) < 4.78 is 10.3. The Morgan fingerprint density at radius 3 is 2.65 bits per heavy atom. The highest BCUT2D eigenvalue weighted by Crippen LogP contribution is 2.25. The Balaban J connectivity index is 1.55.